The lowest BCUT2D eigenvalue weighted by Crippen LogP contribution is -2.53. The highest BCUT2D eigenvalue weighted by atomic mass is 32.2. The van der Waals surface area contributed by atoms with Gasteiger partial charge in [-0.3, -0.25) is 4.18 Å². The first-order chi connectivity index (χ1) is 17.4. The van der Waals surface area contributed by atoms with Gasteiger partial charge in [-0.05, 0) is 106 Å². The highest BCUT2D eigenvalue weighted by molar-refractivity contribution is 7.86. The summed E-state index contributed by atoms with van der Waals surface area (Å²) in [5.41, 5.74) is 3.16. The summed E-state index contributed by atoms with van der Waals surface area (Å²) >= 11 is 0. The monoisotopic (exact) mass is 514 g/mol. The Morgan fingerprint density at radius 1 is 1.03 bits per heavy atom. The lowest BCUT2D eigenvalue weighted by atomic mass is 9.46. The molecule has 0 aromatic heterocycles. The van der Waals surface area contributed by atoms with Crippen molar-refractivity contribution in [1.29, 1.82) is 0 Å². The van der Waals surface area contributed by atoms with Crippen LogP contribution in [0.15, 0.2) is 40.8 Å². The smallest absolute Gasteiger partial charge is 0.296 e. The molecule has 6 heteroatoms. The third kappa shape index (κ3) is 4.20. The van der Waals surface area contributed by atoms with Gasteiger partial charge in [0.25, 0.3) is 10.1 Å². The van der Waals surface area contributed by atoms with Gasteiger partial charge in [0.15, 0.2) is 0 Å². The van der Waals surface area contributed by atoms with Crippen LogP contribution < -0.4 is 0 Å². The van der Waals surface area contributed by atoms with Crippen molar-refractivity contribution >= 4 is 10.1 Å². The first-order valence-electron chi connectivity index (χ1n) is 14.3. The Morgan fingerprint density at radius 3 is 2.75 bits per heavy atom. The summed E-state index contributed by atoms with van der Waals surface area (Å²) in [5.74, 6) is 2.09. The van der Waals surface area contributed by atoms with Crippen LogP contribution in [-0.4, -0.2) is 40.9 Å². The van der Waals surface area contributed by atoms with Gasteiger partial charge in [-0.2, -0.15) is 8.42 Å². The molecular formula is C30H42O5S. The van der Waals surface area contributed by atoms with Crippen molar-refractivity contribution < 1.29 is 22.1 Å². The molecular weight excluding hydrogens is 472 g/mol. The number of hydrogen-bond donors (Lipinski definition) is 0. The zero-order valence-corrected chi connectivity index (χ0v) is 22.6. The Balaban J connectivity index is 1.18. The molecule has 1 spiro atoms. The molecule has 5 nitrogen and oxygen atoms in total. The minimum absolute atomic E-state index is 0.212. The number of hydrogen-bond acceptors (Lipinski definition) is 5. The number of ether oxygens (including phenoxy) is 2. The van der Waals surface area contributed by atoms with Crippen molar-refractivity contribution in [1.82, 2.24) is 0 Å². The fourth-order valence-electron chi connectivity index (χ4n) is 9.07. The van der Waals surface area contributed by atoms with Gasteiger partial charge in [0.05, 0.1) is 37.4 Å². The van der Waals surface area contributed by atoms with Crippen molar-refractivity contribution in [2.24, 2.45) is 28.6 Å². The number of rotatable bonds is 6. The Bertz CT molecular complexity index is 1080. The van der Waals surface area contributed by atoms with Crippen LogP contribution in [0.1, 0.15) is 76.2 Å². The number of allylic oxidation sites excluding steroid dienone is 2. The minimum Gasteiger partial charge on any atom is -0.378 e. The Kier molecular flexibility index (Phi) is 6.85. The Morgan fingerprint density at radius 2 is 1.89 bits per heavy atom. The molecule has 1 aromatic carbocycles. The Labute approximate surface area is 217 Å². The molecule has 5 aliphatic rings. The molecule has 36 heavy (non-hydrogen) atoms. The number of benzene rings is 1. The molecule has 3 saturated carbocycles. The predicted octanol–water partition coefficient (Wildman–Crippen LogP) is 6.21. The summed E-state index contributed by atoms with van der Waals surface area (Å²) in [7, 11) is -3.71. The predicted molar refractivity (Wildman–Crippen MR) is 139 cm³/mol. The maximum absolute atomic E-state index is 12.7. The van der Waals surface area contributed by atoms with Gasteiger partial charge in [-0.25, -0.2) is 0 Å². The second-order valence-corrected chi connectivity index (χ2v) is 13.8. The van der Waals surface area contributed by atoms with Gasteiger partial charge in [-0.15, -0.1) is 0 Å². The van der Waals surface area contributed by atoms with Crippen molar-refractivity contribution in [2.45, 2.75) is 88.6 Å². The Hall–Kier alpha value is -1.21. The second-order valence-electron chi connectivity index (χ2n) is 12.2. The number of aryl methyl sites for hydroxylation is 1. The third-order valence-corrected chi connectivity index (χ3v) is 11.9. The normalized spacial score (nSPS) is 38.2. The molecule has 0 radical (unpaired) electrons. The summed E-state index contributed by atoms with van der Waals surface area (Å²) < 4.78 is 43.5. The molecule has 0 N–H and O–H groups in total. The van der Waals surface area contributed by atoms with E-state index in [2.05, 4.69) is 6.08 Å². The summed E-state index contributed by atoms with van der Waals surface area (Å²) in [6, 6.07) is 6.93. The van der Waals surface area contributed by atoms with E-state index in [1.807, 2.05) is 19.1 Å². The van der Waals surface area contributed by atoms with E-state index >= 15 is 0 Å². The SMILES string of the molecule is Cc1ccc(S(=O)(=O)OCCC[C@]23CCCCC2=CC[C@@H]2[C@@H]3CC[C@]34COCCOC3CC[C@@H]24)cc1. The molecule has 0 bridgehead atoms. The fraction of sp³-hybridized carbons (Fsp3) is 0.733. The van der Waals surface area contributed by atoms with Crippen LogP contribution in [0.4, 0.5) is 0 Å². The molecule has 1 aliphatic heterocycles. The van der Waals surface area contributed by atoms with Gasteiger partial charge >= 0.3 is 0 Å². The third-order valence-electron chi connectivity index (χ3n) is 10.6. The molecule has 4 aliphatic carbocycles. The summed E-state index contributed by atoms with van der Waals surface area (Å²) in [5, 5.41) is 0. The maximum Gasteiger partial charge on any atom is 0.296 e. The van der Waals surface area contributed by atoms with Crippen molar-refractivity contribution in [3.63, 3.8) is 0 Å². The largest absolute Gasteiger partial charge is 0.378 e. The van der Waals surface area contributed by atoms with Crippen molar-refractivity contribution in [3.05, 3.63) is 41.5 Å². The quantitative estimate of drug-likeness (QED) is 0.257. The van der Waals surface area contributed by atoms with Crippen LogP contribution in [0.3, 0.4) is 0 Å². The van der Waals surface area contributed by atoms with Crippen molar-refractivity contribution in [2.75, 3.05) is 26.4 Å². The summed E-state index contributed by atoms with van der Waals surface area (Å²) in [6.45, 7) is 4.57. The lowest BCUT2D eigenvalue weighted by Gasteiger charge is -2.59. The fourth-order valence-corrected chi connectivity index (χ4v) is 10.0. The average Bonchev–Trinajstić information content (AvgIpc) is 3.13. The molecule has 0 amide bonds. The van der Waals surface area contributed by atoms with E-state index in [0.717, 1.165) is 38.2 Å². The van der Waals surface area contributed by atoms with Gasteiger partial charge < -0.3 is 9.47 Å². The molecule has 1 heterocycles. The topological polar surface area (TPSA) is 61.8 Å². The second kappa shape index (κ2) is 9.83. The molecule has 4 fully saturated rings. The van der Waals surface area contributed by atoms with Crippen LogP contribution in [-0.2, 0) is 23.8 Å². The standard InChI is InChI=1S/C30H42O5S/c1-22-6-9-24(10-7-22)36(31,32)35-18-4-16-29-15-3-2-5-23(29)8-11-25-26-12-13-28-30(26,17-14-27(25)29)21-33-19-20-34-28/h6-10,25-28H,2-5,11-21H2,1H3/t25-,26-,27-,28?,29+,30+/m0/s1. The van der Waals surface area contributed by atoms with Crippen LogP contribution in [0.25, 0.3) is 0 Å². The van der Waals surface area contributed by atoms with E-state index in [1.54, 1.807) is 17.7 Å². The van der Waals surface area contributed by atoms with Gasteiger partial charge in [0.2, 0.25) is 0 Å². The van der Waals surface area contributed by atoms with Gasteiger partial charge in [0.1, 0.15) is 0 Å². The molecule has 6 atom stereocenters. The maximum atomic E-state index is 12.7. The van der Waals surface area contributed by atoms with Crippen LogP contribution >= 0.6 is 0 Å². The molecule has 1 aromatic rings. The zero-order valence-electron chi connectivity index (χ0n) is 21.8. The summed E-state index contributed by atoms with van der Waals surface area (Å²) in [6.07, 6.45) is 16.0. The minimum atomic E-state index is -3.71. The average molecular weight is 515 g/mol. The van der Waals surface area contributed by atoms with Gasteiger partial charge in [0, 0.05) is 5.41 Å². The molecule has 198 valence electrons. The highest BCUT2D eigenvalue weighted by Crippen LogP contribution is 2.66. The molecule has 1 saturated heterocycles. The lowest BCUT2D eigenvalue weighted by molar-refractivity contribution is -0.106. The van der Waals surface area contributed by atoms with Crippen molar-refractivity contribution in [3.8, 4) is 0 Å². The van der Waals surface area contributed by atoms with E-state index in [4.69, 9.17) is 13.7 Å². The zero-order chi connectivity index (χ0) is 24.8. The number of fused-ring (bicyclic) bond motifs is 4. The van der Waals surface area contributed by atoms with Crippen LogP contribution in [0.5, 0.6) is 0 Å². The van der Waals surface area contributed by atoms with E-state index in [-0.39, 0.29) is 22.3 Å². The first-order valence-corrected chi connectivity index (χ1v) is 15.7. The molecule has 1 unspecified atom stereocenters. The van der Waals surface area contributed by atoms with E-state index < -0.39 is 10.1 Å². The molecule has 6 rings (SSSR count). The van der Waals surface area contributed by atoms with Crippen LogP contribution in [0.2, 0.25) is 0 Å². The highest BCUT2D eigenvalue weighted by Gasteiger charge is 2.61. The van der Waals surface area contributed by atoms with E-state index in [1.165, 1.54) is 57.8 Å². The van der Waals surface area contributed by atoms with Gasteiger partial charge in [-0.1, -0.05) is 35.8 Å². The summed E-state index contributed by atoms with van der Waals surface area (Å²) in [4.78, 5) is 0.253. The first kappa shape index (κ1) is 25.1. The van der Waals surface area contributed by atoms with Crippen LogP contribution in [0, 0.1) is 35.5 Å². The van der Waals surface area contributed by atoms with E-state index in [0.29, 0.717) is 23.9 Å². The van der Waals surface area contributed by atoms with E-state index in [9.17, 15) is 8.42 Å².